The van der Waals surface area contributed by atoms with Gasteiger partial charge in [0.2, 0.25) is 0 Å². The van der Waals surface area contributed by atoms with Crippen LogP contribution in [0.3, 0.4) is 0 Å². The van der Waals surface area contributed by atoms with Crippen LogP contribution < -0.4 is 166 Å². The van der Waals surface area contributed by atoms with Crippen LogP contribution in [0.4, 0.5) is 0 Å². The number of hydrogen-bond acceptors (Lipinski definition) is 4. The molecule has 0 fully saturated rings. The van der Waals surface area contributed by atoms with E-state index < -0.39 is 14.5 Å². The van der Waals surface area contributed by atoms with Gasteiger partial charge in [-0.05, 0) is 0 Å². The monoisotopic (exact) mass is 514 g/mol. The molecule has 0 unspecified atom stereocenters. The Hall–Kier alpha value is 10.6. The SMILES string of the molecule is O=[As]([O-])([O-])[O-].[K+].[K+].[K+].[RbH].[RbH].[RbH]. The molecule has 38 valence electrons. The molecule has 0 bridgehead atoms. The Balaban J connectivity index is -0.00000000533. The summed E-state index contributed by atoms with van der Waals surface area (Å²) in [6.07, 6.45) is 0. The van der Waals surface area contributed by atoms with E-state index in [2.05, 4.69) is 0 Å². The van der Waals surface area contributed by atoms with Crippen LogP contribution in [0.1, 0.15) is 0 Å². The standard InChI is InChI=1S/AsH3O4.3K.3Rb.3H/c2-1(3,4)5;;;;;;;;;/h(H3,2,3,4,5);;;;;;;;;/q;3*+1;;;;;;/p-3. The second-order valence-electron chi connectivity index (χ2n) is 0.447. The molecule has 0 saturated heterocycles. The molecule has 0 atom stereocenters. The zero-order chi connectivity index (χ0) is 4.50. The Morgan fingerprint density at radius 3 is 0.727 bits per heavy atom. The first-order chi connectivity index (χ1) is 2.00. The summed E-state index contributed by atoms with van der Waals surface area (Å²) in [7, 11) is 0. The quantitative estimate of drug-likeness (QED) is 0.300. The number of hydrogen-bond donors (Lipinski definition) is 0. The molecule has 0 aromatic rings. The average Bonchev–Trinajstić information content (AvgIpc) is 0.722. The normalized spacial score (nSPS) is 5.36. The zero-order valence-corrected chi connectivity index (χ0v) is 16.3. The van der Waals surface area contributed by atoms with E-state index in [-0.39, 0.29) is 329 Å². The van der Waals surface area contributed by atoms with E-state index in [1.807, 2.05) is 0 Å². The fourth-order valence-corrected chi connectivity index (χ4v) is 0. The first kappa shape index (κ1) is 43.0. The molecule has 0 amide bonds. The van der Waals surface area contributed by atoms with Gasteiger partial charge >= 0.3 is 359 Å². The van der Waals surface area contributed by atoms with E-state index in [4.69, 9.17) is 16.0 Å². The van der Waals surface area contributed by atoms with Crippen molar-refractivity contribution < 1.29 is 170 Å². The van der Waals surface area contributed by atoms with Crippen molar-refractivity contribution >= 4 is 189 Å². The molecule has 0 spiro atoms. The van der Waals surface area contributed by atoms with Crippen LogP contribution in [0, 0.1) is 0 Å². The fraction of sp³-hybridized carbons (Fsp3) is 0. The second-order valence-corrected chi connectivity index (χ2v) is 2.32. The van der Waals surface area contributed by atoms with Gasteiger partial charge in [-0.1, -0.05) is 0 Å². The van der Waals surface area contributed by atoms with Crippen molar-refractivity contribution in [1.29, 1.82) is 0 Å². The van der Waals surface area contributed by atoms with E-state index in [0.29, 0.717) is 0 Å². The Morgan fingerprint density at radius 2 is 0.727 bits per heavy atom. The maximum atomic E-state index is 8.61. The van der Waals surface area contributed by atoms with Crippen molar-refractivity contribution in [3.8, 4) is 0 Å². The summed E-state index contributed by atoms with van der Waals surface area (Å²) in [5, 5.41) is 0. The summed E-state index contributed by atoms with van der Waals surface area (Å²) in [5.74, 6) is 0. The van der Waals surface area contributed by atoms with Gasteiger partial charge in [0.1, 0.15) is 0 Å². The van der Waals surface area contributed by atoms with Gasteiger partial charge in [0.25, 0.3) is 0 Å². The zero-order valence-electron chi connectivity index (χ0n) is 5.08. The molecule has 0 aliphatic carbocycles. The molecule has 0 aliphatic rings. The molecule has 0 radical (unpaired) electrons. The van der Waals surface area contributed by atoms with Crippen LogP contribution in [-0.2, 0) is 3.74 Å². The fourth-order valence-electron chi connectivity index (χ4n) is 0. The van der Waals surface area contributed by atoms with Crippen LogP contribution in [-0.4, -0.2) is 189 Å². The summed E-state index contributed by atoms with van der Waals surface area (Å²) >= 11 is -5.88. The van der Waals surface area contributed by atoms with Crippen LogP contribution in [0.5, 0.6) is 0 Å². The topological polar surface area (TPSA) is 86.2 Å². The summed E-state index contributed by atoms with van der Waals surface area (Å²) in [6, 6.07) is 0. The Morgan fingerprint density at radius 1 is 0.727 bits per heavy atom. The van der Waals surface area contributed by atoms with Gasteiger partial charge in [0.15, 0.2) is 0 Å². The third kappa shape index (κ3) is 63.5. The van der Waals surface area contributed by atoms with Crippen molar-refractivity contribution in [1.82, 2.24) is 0 Å². The first-order valence-corrected chi connectivity index (χ1v) is 3.79. The van der Waals surface area contributed by atoms with Gasteiger partial charge in [-0.15, -0.1) is 0 Å². The molecule has 11 heavy (non-hydrogen) atoms. The molecule has 4 nitrogen and oxygen atoms in total. The third-order valence-corrected chi connectivity index (χ3v) is 0. The molecule has 11 heteroatoms. The van der Waals surface area contributed by atoms with Crippen LogP contribution >= 0.6 is 0 Å². The van der Waals surface area contributed by atoms with Crippen LogP contribution in [0.25, 0.3) is 0 Å². The summed E-state index contributed by atoms with van der Waals surface area (Å²) in [6.45, 7) is 0. The third-order valence-electron chi connectivity index (χ3n) is 0. The van der Waals surface area contributed by atoms with Crippen molar-refractivity contribution in [2.45, 2.75) is 0 Å². The second kappa shape index (κ2) is 28.7. The van der Waals surface area contributed by atoms with Gasteiger partial charge in [-0.2, -0.15) is 0 Å². The molecular formula is H3AsK3O4Rb3. The van der Waals surface area contributed by atoms with Crippen LogP contribution in [0.15, 0.2) is 0 Å². The molecule has 0 N–H and O–H groups in total. The van der Waals surface area contributed by atoms with E-state index in [9.17, 15) is 0 Å². The van der Waals surface area contributed by atoms with Crippen LogP contribution in [0.2, 0.25) is 0 Å². The maximum absolute atomic E-state index is 8.61. The minimum atomic E-state index is -5.88. The molecule has 0 rings (SSSR count). The van der Waals surface area contributed by atoms with Crippen molar-refractivity contribution in [2.75, 3.05) is 0 Å². The molecule has 0 aliphatic heterocycles. The Bertz CT molecular complexity index is 66.7. The predicted molar refractivity (Wildman–Crippen MR) is 27.9 cm³/mol. The van der Waals surface area contributed by atoms with Gasteiger partial charge in [0.05, 0.1) is 0 Å². The van der Waals surface area contributed by atoms with E-state index in [1.165, 1.54) is 0 Å². The molecule has 0 aromatic heterocycles. The Labute approximate surface area is 344 Å². The van der Waals surface area contributed by atoms with E-state index in [0.717, 1.165) is 0 Å². The van der Waals surface area contributed by atoms with Crippen molar-refractivity contribution in [3.05, 3.63) is 0 Å². The molecule has 0 heterocycles. The van der Waals surface area contributed by atoms with Gasteiger partial charge in [0, 0.05) is 0 Å². The molecule has 0 saturated carbocycles. The van der Waals surface area contributed by atoms with Crippen molar-refractivity contribution in [2.24, 2.45) is 0 Å². The number of rotatable bonds is 0. The predicted octanol–water partition coefficient (Wildman–Crippen LogP) is -15.0. The molecular weight excluding hydrogens is 513 g/mol. The van der Waals surface area contributed by atoms with E-state index in [1.54, 1.807) is 0 Å². The average molecular weight is 516 g/mol. The summed E-state index contributed by atoms with van der Waals surface area (Å²) in [5.41, 5.74) is 0. The first-order valence-electron chi connectivity index (χ1n) is 0.730. The van der Waals surface area contributed by atoms with Crippen molar-refractivity contribution in [3.63, 3.8) is 0 Å². The van der Waals surface area contributed by atoms with Gasteiger partial charge in [-0.25, -0.2) is 0 Å². The van der Waals surface area contributed by atoms with E-state index >= 15 is 0 Å². The summed E-state index contributed by atoms with van der Waals surface area (Å²) < 4.78 is 34.4. The minimum absolute atomic E-state index is 0. The Kier molecular flexibility index (Phi) is 112. The molecule has 0 aromatic carbocycles. The summed E-state index contributed by atoms with van der Waals surface area (Å²) in [4.78, 5) is 0. The van der Waals surface area contributed by atoms with Gasteiger partial charge < -0.3 is 0 Å². The van der Waals surface area contributed by atoms with Gasteiger partial charge in [-0.3, -0.25) is 0 Å².